The third kappa shape index (κ3) is 4.89. The Hall–Kier alpha value is -0.0800. The highest BCUT2D eigenvalue weighted by Crippen LogP contribution is 2.31. The van der Waals surface area contributed by atoms with E-state index < -0.39 is 0 Å². The fraction of sp³-hybridized carbons (Fsp3) is 1.00. The van der Waals surface area contributed by atoms with E-state index in [1.54, 1.807) is 0 Å². The summed E-state index contributed by atoms with van der Waals surface area (Å²) in [7, 11) is 0. The van der Waals surface area contributed by atoms with E-state index in [1.807, 2.05) is 0 Å². The van der Waals surface area contributed by atoms with E-state index in [1.165, 1.54) is 51.5 Å². The van der Waals surface area contributed by atoms with Gasteiger partial charge in [0.1, 0.15) is 0 Å². The van der Waals surface area contributed by atoms with Crippen LogP contribution in [0.25, 0.3) is 0 Å². The van der Waals surface area contributed by atoms with Gasteiger partial charge in [-0.05, 0) is 70.3 Å². The second-order valence-corrected chi connectivity index (χ2v) is 6.71. The van der Waals surface area contributed by atoms with Gasteiger partial charge in [-0.25, -0.2) is 0 Å². The summed E-state index contributed by atoms with van der Waals surface area (Å²) in [4.78, 5) is 0. The first-order chi connectivity index (χ1) is 8.65. The molecule has 0 bridgehead atoms. The molecule has 106 valence electrons. The lowest BCUT2D eigenvalue weighted by atomic mass is 9.80. The monoisotopic (exact) mass is 253 g/mol. The minimum atomic E-state index is 0.441. The van der Waals surface area contributed by atoms with Crippen LogP contribution in [-0.2, 0) is 4.74 Å². The highest BCUT2D eigenvalue weighted by atomic mass is 16.5. The molecule has 0 aromatic heterocycles. The fourth-order valence-electron chi connectivity index (χ4n) is 3.00. The first-order valence-corrected chi connectivity index (χ1v) is 8.04. The molecule has 0 spiro atoms. The van der Waals surface area contributed by atoms with Crippen molar-refractivity contribution in [2.24, 2.45) is 11.8 Å². The average molecular weight is 253 g/mol. The van der Waals surface area contributed by atoms with Crippen LogP contribution in [-0.4, -0.2) is 24.8 Å². The van der Waals surface area contributed by atoms with Crippen molar-refractivity contribution in [2.45, 2.75) is 84.0 Å². The quantitative estimate of drug-likeness (QED) is 0.698. The van der Waals surface area contributed by atoms with Crippen LogP contribution in [0.5, 0.6) is 0 Å². The van der Waals surface area contributed by atoms with Crippen LogP contribution in [0.1, 0.15) is 65.7 Å². The zero-order valence-corrected chi connectivity index (χ0v) is 12.5. The van der Waals surface area contributed by atoms with Gasteiger partial charge in [-0.3, -0.25) is 0 Å². The molecular weight excluding hydrogens is 222 g/mol. The second-order valence-electron chi connectivity index (χ2n) is 6.71. The van der Waals surface area contributed by atoms with E-state index in [2.05, 4.69) is 26.1 Å². The van der Waals surface area contributed by atoms with Crippen molar-refractivity contribution in [1.29, 1.82) is 0 Å². The van der Waals surface area contributed by atoms with Crippen LogP contribution in [0.3, 0.4) is 0 Å². The Morgan fingerprint density at radius 2 is 1.89 bits per heavy atom. The van der Waals surface area contributed by atoms with E-state index in [4.69, 9.17) is 4.74 Å². The van der Waals surface area contributed by atoms with Crippen molar-refractivity contribution >= 4 is 0 Å². The Balaban J connectivity index is 1.53. The highest BCUT2D eigenvalue weighted by molar-refractivity contribution is 4.80. The smallest absolute Gasteiger partial charge is 0.0581 e. The molecule has 0 aromatic rings. The SMILES string of the molecule is CC(CCCNC1CC1)OC1CCC(C)C(C)C1. The minimum Gasteiger partial charge on any atom is -0.375 e. The number of hydrogen-bond donors (Lipinski definition) is 1. The summed E-state index contributed by atoms with van der Waals surface area (Å²) in [5.74, 6) is 1.73. The molecule has 0 aromatic carbocycles. The molecule has 2 aliphatic rings. The molecule has 4 atom stereocenters. The van der Waals surface area contributed by atoms with Crippen molar-refractivity contribution in [3.8, 4) is 0 Å². The summed E-state index contributed by atoms with van der Waals surface area (Å²) in [6, 6.07) is 0.849. The zero-order chi connectivity index (χ0) is 13.0. The summed E-state index contributed by atoms with van der Waals surface area (Å²) >= 11 is 0. The van der Waals surface area contributed by atoms with Crippen molar-refractivity contribution in [2.75, 3.05) is 6.54 Å². The van der Waals surface area contributed by atoms with Crippen LogP contribution in [0.2, 0.25) is 0 Å². The van der Waals surface area contributed by atoms with Crippen molar-refractivity contribution in [1.82, 2.24) is 5.32 Å². The first-order valence-electron chi connectivity index (χ1n) is 8.04. The van der Waals surface area contributed by atoms with E-state index in [-0.39, 0.29) is 0 Å². The number of ether oxygens (including phenoxy) is 1. The Kier molecular flexibility index (Phi) is 5.50. The molecule has 2 fully saturated rings. The average Bonchev–Trinajstić information content (AvgIpc) is 3.14. The normalized spacial score (nSPS) is 34.5. The Labute approximate surface area is 113 Å². The van der Waals surface area contributed by atoms with Crippen molar-refractivity contribution < 1.29 is 4.74 Å². The lowest BCUT2D eigenvalue weighted by molar-refractivity contribution is -0.0427. The molecule has 1 N–H and O–H groups in total. The second kappa shape index (κ2) is 6.91. The van der Waals surface area contributed by atoms with Gasteiger partial charge < -0.3 is 10.1 Å². The topological polar surface area (TPSA) is 21.3 Å². The molecule has 2 heteroatoms. The summed E-state index contributed by atoms with van der Waals surface area (Å²) in [5.41, 5.74) is 0. The maximum atomic E-state index is 6.20. The summed E-state index contributed by atoms with van der Waals surface area (Å²) in [6.07, 6.45) is 10.1. The molecule has 4 unspecified atom stereocenters. The summed E-state index contributed by atoms with van der Waals surface area (Å²) in [6.45, 7) is 8.19. The van der Waals surface area contributed by atoms with Crippen molar-refractivity contribution in [3.63, 3.8) is 0 Å². The zero-order valence-electron chi connectivity index (χ0n) is 12.5. The lowest BCUT2D eigenvalue weighted by Crippen LogP contribution is -2.29. The van der Waals surface area contributed by atoms with Crippen LogP contribution in [0.15, 0.2) is 0 Å². The molecule has 2 nitrogen and oxygen atoms in total. The Morgan fingerprint density at radius 1 is 1.11 bits per heavy atom. The standard InChI is InChI=1S/C16H31NO/c1-12-6-9-16(11-13(12)2)18-14(3)5-4-10-17-15-7-8-15/h12-17H,4-11H2,1-3H3. The van der Waals surface area contributed by atoms with Gasteiger partial charge in [-0.1, -0.05) is 13.8 Å². The molecule has 2 aliphatic carbocycles. The van der Waals surface area contributed by atoms with Crippen molar-refractivity contribution in [3.05, 3.63) is 0 Å². The third-order valence-corrected chi connectivity index (χ3v) is 4.77. The fourth-order valence-corrected chi connectivity index (χ4v) is 3.00. The molecule has 0 heterocycles. The van der Waals surface area contributed by atoms with Gasteiger partial charge in [-0.15, -0.1) is 0 Å². The van der Waals surface area contributed by atoms with Gasteiger partial charge in [0.15, 0.2) is 0 Å². The van der Waals surface area contributed by atoms with Gasteiger partial charge in [0.05, 0.1) is 12.2 Å². The van der Waals surface area contributed by atoms with E-state index in [9.17, 15) is 0 Å². The summed E-state index contributed by atoms with van der Waals surface area (Å²) < 4.78 is 6.20. The molecule has 2 saturated carbocycles. The van der Waals surface area contributed by atoms with E-state index >= 15 is 0 Å². The Morgan fingerprint density at radius 3 is 2.56 bits per heavy atom. The van der Waals surface area contributed by atoms with Crippen LogP contribution in [0, 0.1) is 11.8 Å². The minimum absolute atomic E-state index is 0.441. The number of rotatable bonds is 7. The molecule has 0 amide bonds. The molecule has 0 radical (unpaired) electrons. The van der Waals surface area contributed by atoms with Gasteiger partial charge in [0.2, 0.25) is 0 Å². The van der Waals surface area contributed by atoms with Crippen LogP contribution in [0.4, 0.5) is 0 Å². The molecule has 0 aliphatic heterocycles. The maximum absolute atomic E-state index is 6.20. The predicted molar refractivity (Wildman–Crippen MR) is 76.8 cm³/mol. The van der Waals surface area contributed by atoms with Gasteiger partial charge in [0, 0.05) is 6.04 Å². The molecule has 2 rings (SSSR count). The lowest BCUT2D eigenvalue weighted by Gasteiger charge is -2.33. The molecule has 0 saturated heterocycles. The predicted octanol–water partition coefficient (Wildman–Crippen LogP) is 3.75. The van der Waals surface area contributed by atoms with Crippen LogP contribution < -0.4 is 5.32 Å². The van der Waals surface area contributed by atoms with E-state index in [0.717, 1.165) is 17.9 Å². The molecular formula is C16H31NO. The van der Waals surface area contributed by atoms with Gasteiger partial charge >= 0.3 is 0 Å². The van der Waals surface area contributed by atoms with Crippen LogP contribution >= 0.6 is 0 Å². The number of hydrogen-bond acceptors (Lipinski definition) is 2. The molecule has 18 heavy (non-hydrogen) atoms. The van der Waals surface area contributed by atoms with E-state index in [0.29, 0.717) is 12.2 Å². The maximum Gasteiger partial charge on any atom is 0.0581 e. The largest absolute Gasteiger partial charge is 0.375 e. The first kappa shape index (κ1) is 14.3. The third-order valence-electron chi connectivity index (χ3n) is 4.77. The highest BCUT2D eigenvalue weighted by Gasteiger charge is 2.26. The van der Waals surface area contributed by atoms with Gasteiger partial charge in [-0.2, -0.15) is 0 Å². The van der Waals surface area contributed by atoms with Gasteiger partial charge in [0.25, 0.3) is 0 Å². The number of nitrogens with one attached hydrogen (secondary N) is 1. The Bertz CT molecular complexity index is 239. The summed E-state index contributed by atoms with van der Waals surface area (Å²) in [5, 5.41) is 3.57.